The summed E-state index contributed by atoms with van der Waals surface area (Å²) in [6.45, 7) is 5.56. The van der Waals surface area contributed by atoms with E-state index in [2.05, 4.69) is 14.4 Å². The third-order valence-corrected chi connectivity index (χ3v) is 6.18. The zero-order valence-corrected chi connectivity index (χ0v) is 19.3. The summed E-state index contributed by atoms with van der Waals surface area (Å²) in [6, 6.07) is 2.52. The molecule has 0 aliphatic rings. The lowest BCUT2D eigenvalue weighted by Crippen LogP contribution is -2.21. The van der Waals surface area contributed by atoms with Crippen molar-refractivity contribution in [1.29, 1.82) is 0 Å². The minimum atomic E-state index is -4.67. The molecule has 1 aromatic carbocycles. The Morgan fingerprint density at radius 1 is 1.12 bits per heavy atom. The average Bonchev–Trinajstić information content (AvgIpc) is 2.75. The molecule has 1 atom stereocenters. The van der Waals surface area contributed by atoms with Crippen LogP contribution >= 0.6 is 0 Å². The Labute approximate surface area is 194 Å². The molecule has 0 aliphatic heterocycles. The smallest absolute Gasteiger partial charge is 0.315 e. The van der Waals surface area contributed by atoms with Crippen LogP contribution in [0.1, 0.15) is 39.2 Å². The highest BCUT2D eigenvalue weighted by atomic mass is 32.2. The molecule has 0 saturated carbocycles. The summed E-state index contributed by atoms with van der Waals surface area (Å²) in [5, 5.41) is -0.432. The number of hydrogen-bond donors (Lipinski definition) is 0. The zero-order chi connectivity index (χ0) is 25.3. The molecule has 34 heavy (non-hydrogen) atoms. The first kappa shape index (κ1) is 25.6. The van der Waals surface area contributed by atoms with E-state index in [1.807, 2.05) is 0 Å². The minimum Gasteiger partial charge on any atom is -0.315 e. The maximum absolute atomic E-state index is 14.8. The summed E-state index contributed by atoms with van der Waals surface area (Å²) >= 11 is 0. The van der Waals surface area contributed by atoms with Crippen molar-refractivity contribution in [3.05, 3.63) is 58.3 Å². The van der Waals surface area contributed by atoms with E-state index >= 15 is 0 Å². The van der Waals surface area contributed by atoms with Gasteiger partial charge in [-0.1, -0.05) is 0 Å². The van der Waals surface area contributed by atoms with Crippen molar-refractivity contribution in [1.82, 2.24) is 14.5 Å². The van der Waals surface area contributed by atoms with Gasteiger partial charge in [-0.25, -0.2) is 23.0 Å². The van der Waals surface area contributed by atoms with E-state index < -0.39 is 61.4 Å². The highest BCUT2D eigenvalue weighted by Gasteiger charge is 2.31. The molecule has 1 unspecified atom stereocenters. The Kier molecular flexibility index (Phi) is 7.29. The molecule has 0 amide bonds. The summed E-state index contributed by atoms with van der Waals surface area (Å²) in [4.78, 5) is 19.7. The van der Waals surface area contributed by atoms with E-state index in [1.165, 1.54) is 23.0 Å². The number of hydrogen-bond acceptors (Lipinski definition) is 4. The predicted molar refractivity (Wildman–Crippen MR) is 120 cm³/mol. The maximum Gasteiger partial charge on any atom is 0.419 e. The van der Waals surface area contributed by atoms with Gasteiger partial charge in [0.25, 0.3) is 5.56 Å². The molecule has 0 radical (unpaired) electrons. The zero-order valence-electron chi connectivity index (χ0n) is 18.5. The predicted octanol–water partition coefficient (Wildman–Crippen LogP) is 5.07. The van der Waals surface area contributed by atoms with Gasteiger partial charge in [0.05, 0.1) is 21.3 Å². The van der Waals surface area contributed by atoms with E-state index in [-0.39, 0.29) is 11.9 Å². The van der Waals surface area contributed by atoms with E-state index in [0.717, 1.165) is 6.07 Å². The van der Waals surface area contributed by atoms with Gasteiger partial charge in [0.15, 0.2) is 17.5 Å². The number of benzene rings is 1. The lowest BCUT2D eigenvalue weighted by Gasteiger charge is -2.12. The fraction of sp³-hybridized carbons (Fsp3) is 0.364. The summed E-state index contributed by atoms with van der Waals surface area (Å²) in [5.41, 5.74) is -2.35. The molecule has 0 fully saturated rings. The average molecular weight is 500 g/mol. The standard InChI is InChI=1S/C22H21F5N4O2S/c1-21(2,3)34(33)30-7-4-5-8-31-9-6-13-10-15(17(23)18(24)16(13)20(31)32)19-28-11-14(12-29-19)22(25,26)27/h6-7,9-12H,4-5,8H2,1-3H3. The van der Waals surface area contributed by atoms with Crippen LogP contribution in [-0.4, -0.2) is 29.7 Å². The minimum absolute atomic E-state index is 0.0563. The van der Waals surface area contributed by atoms with Crippen molar-refractivity contribution in [3.63, 3.8) is 0 Å². The number of aromatic nitrogens is 3. The van der Waals surface area contributed by atoms with Crippen molar-refractivity contribution in [2.75, 3.05) is 0 Å². The maximum atomic E-state index is 14.8. The van der Waals surface area contributed by atoms with Crippen LogP contribution in [0.2, 0.25) is 0 Å². The molecule has 0 spiro atoms. The van der Waals surface area contributed by atoms with Gasteiger partial charge in [0.1, 0.15) is 11.0 Å². The van der Waals surface area contributed by atoms with Gasteiger partial charge < -0.3 is 4.57 Å². The van der Waals surface area contributed by atoms with Gasteiger partial charge in [0, 0.05) is 31.3 Å². The molecule has 0 bridgehead atoms. The second kappa shape index (κ2) is 9.69. The molecular weight excluding hydrogens is 479 g/mol. The summed E-state index contributed by atoms with van der Waals surface area (Å²) in [7, 11) is -1.39. The number of fused-ring (bicyclic) bond motifs is 1. The summed E-state index contributed by atoms with van der Waals surface area (Å²) in [6.07, 6.45) is 0.0514. The Balaban J connectivity index is 1.85. The number of unbranched alkanes of at least 4 members (excludes halogenated alkanes) is 1. The molecule has 3 aromatic rings. The third kappa shape index (κ3) is 5.54. The normalized spacial score (nSPS) is 13.6. The van der Waals surface area contributed by atoms with Crippen LogP contribution in [0, 0.1) is 11.6 Å². The van der Waals surface area contributed by atoms with Gasteiger partial charge in [-0.2, -0.15) is 17.6 Å². The second-order valence-electron chi connectivity index (χ2n) is 8.42. The summed E-state index contributed by atoms with van der Waals surface area (Å²) < 4.78 is 84.2. The molecule has 6 nitrogen and oxygen atoms in total. The Morgan fingerprint density at radius 3 is 2.35 bits per heavy atom. The molecule has 182 valence electrons. The number of aryl methyl sites for hydroxylation is 1. The van der Waals surface area contributed by atoms with Crippen LogP contribution < -0.4 is 5.56 Å². The van der Waals surface area contributed by atoms with Crippen molar-refractivity contribution in [2.45, 2.75) is 51.1 Å². The first-order chi connectivity index (χ1) is 15.8. The highest BCUT2D eigenvalue weighted by molar-refractivity contribution is 7.85. The van der Waals surface area contributed by atoms with Gasteiger partial charge in [0.2, 0.25) is 0 Å². The molecule has 0 saturated heterocycles. The second-order valence-corrected chi connectivity index (χ2v) is 10.3. The number of rotatable bonds is 6. The molecule has 0 aliphatic carbocycles. The monoisotopic (exact) mass is 500 g/mol. The Morgan fingerprint density at radius 2 is 1.76 bits per heavy atom. The van der Waals surface area contributed by atoms with Gasteiger partial charge in [-0.05, 0) is 51.1 Å². The fourth-order valence-electron chi connectivity index (χ4n) is 2.96. The topological polar surface area (TPSA) is 77.2 Å². The van der Waals surface area contributed by atoms with Gasteiger partial charge >= 0.3 is 6.18 Å². The molecule has 0 N–H and O–H groups in total. The van der Waals surface area contributed by atoms with Crippen LogP contribution in [0.4, 0.5) is 22.0 Å². The molecule has 2 heterocycles. The SMILES string of the molecule is CC(C)(C)S(=O)N=CCCCn1ccc2cc(-c3ncc(C(F)(F)F)cn3)c(F)c(F)c2c1=O. The highest BCUT2D eigenvalue weighted by Crippen LogP contribution is 2.31. The molecule has 2 aromatic heterocycles. The quantitative estimate of drug-likeness (QED) is 0.269. The van der Waals surface area contributed by atoms with E-state index in [9.17, 15) is 31.0 Å². The first-order valence-corrected chi connectivity index (χ1v) is 11.3. The van der Waals surface area contributed by atoms with E-state index in [4.69, 9.17) is 0 Å². The Bertz CT molecular complexity index is 1310. The van der Waals surface area contributed by atoms with Gasteiger partial charge in [-0.15, -0.1) is 0 Å². The van der Waals surface area contributed by atoms with Gasteiger partial charge in [-0.3, -0.25) is 4.79 Å². The van der Waals surface area contributed by atoms with Crippen molar-refractivity contribution in [3.8, 4) is 11.4 Å². The number of halogens is 5. The largest absolute Gasteiger partial charge is 0.419 e. The number of nitrogens with zero attached hydrogens (tertiary/aromatic N) is 4. The first-order valence-electron chi connectivity index (χ1n) is 10.2. The Hall–Kier alpha value is -3.02. The molecule has 3 rings (SSSR count). The summed E-state index contributed by atoms with van der Waals surface area (Å²) in [5.74, 6) is -3.31. The van der Waals surface area contributed by atoms with E-state index in [0.29, 0.717) is 25.2 Å². The van der Waals surface area contributed by atoms with Crippen LogP contribution in [0.5, 0.6) is 0 Å². The van der Waals surface area contributed by atoms with Crippen LogP contribution in [0.15, 0.2) is 39.9 Å². The molecule has 12 heteroatoms. The third-order valence-electron chi connectivity index (χ3n) is 4.79. The number of pyridine rings is 1. The molecular formula is C22H21F5N4O2S. The van der Waals surface area contributed by atoms with Crippen LogP contribution in [0.25, 0.3) is 22.2 Å². The lowest BCUT2D eigenvalue weighted by molar-refractivity contribution is -0.138. The lowest BCUT2D eigenvalue weighted by atomic mass is 10.1. The van der Waals surface area contributed by atoms with Crippen molar-refractivity contribution >= 4 is 28.0 Å². The fourth-order valence-corrected chi connectivity index (χ4v) is 3.52. The van der Waals surface area contributed by atoms with Crippen molar-refractivity contribution < 1.29 is 26.2 Å². The van der Waals surface area contributed by atoms with E-state index in [1.54, 1.807) is 20.8 Å². The van der Waals surface area contributed by atoms with Crippen LogP contribution in [-0.2, 0) is 23.7 Å². The number of alkyl halides is 3. The van der Waals surface area contributed by atoms with Crippen LogP contribution in [0.3, 0.4) is 0 Å². The van der Waals surface area contributed by atoms with Crippen molar-refractivity contribution in [2.24, 2.45) is 4.40 Å².